The Morgan fingerprint density at radius 2 is 2.11 bits per heavy atom. The van der Waals surface area contributed by atoms with E-state index in [1.165, 1.54) is 0 Å². The minimum atomic E-state index is -4.52. The predicted molar refractivity (Wildman–Crippen MR) is 60.9 cm³/mol. The van der Waals surface area contributed by atoms with Gasteiger partial charge in [-0.25, -0.2) is 4.98 Å². The molecule has 0 fully saturated rings. The minimum absolute atomic E-state index is 0.0131. The highest BCUT2D eigenvalue weighted by atomic mass is 35.5. The second kappa shape index (κ2) is 4.93. The number of anilines is 1. The molecule has 0 atom stereocenters. The molecule has 0 saturated heterocycles. The summed E-state index contributed by atoms with van der Waals surface area (Å²) in [4.78, 5) is 15.1. The van der Waals surface area contributed by atoms with Crippen LogP contribution in [0.25, 0.3) is 0 Å². The number of amides is 1. The summed E-state index contributed by atoms with van der Waals surface area (Å²) in [7, 11) is 0. The highest BCUT2D eigenvalue weighted by Gasteiger charge is 2.31. The molecule has 0 aliphatic heterocycles. The highest BCUT2D eigenvalue weighted by molar-refractivity contribution is 6.33. The van der Waals surface area contributed by atoms with Gasteiger partial charge in [-0.2, -0.15) is 13.2 Å². The normalized spacial score (nSPS) is 11.4. The lowest BCUT2D eigenvalue weighted by Gasteiger charge is -2.10. The molecule has 8 heteroatoms. The maximum Gasteiger partial charge on any atom is 0.416 e. The van der Waals surface area contributed by atoms with Crippen LogP contribution in [0.1, 0.15) is 16.1 Å². The molecule has 0 unspecified atom stereocenters. The van der Waals surface area contributed by atoms with Crippen LogP contribution in [0.3, 0.4) is 0 Å². The maximum absolute atomic E-state index is 12.5. The van der Waals surface area contributed by atoms with Gasteiger partial charge in [0.2, 0.25) is 5.76 Å². The first-order chi connectivity index (χ1) is 8.88. The van der Waals surface area contributed by atoms with Crippen LogP contribution in [0.4, 0.5) is 18.9 Å². The first kappa shape index (κ1) is 13.4. The summed E-state index contributed by atoms with van der Waals surface area (Å²) in [6.07, 6.45) is -2.35. The number of carbonyl (C=O) groups is 1. The Labute approximate surface area is 110 Å². The SMILES string of the molecule is O=C(Nc1cc(C(F)(F)F)ccc1Cl)c1cnco1. The number of halogens is 4. The van der Waals surface area contributed by atoms with E-state index in [0.717, 1.165) is 30.8 Å². The summed E-state index contributed by atoms with van der Waals surface area (Å²) in [6.45, 7) is 0. The number of hydrogen-bond donors (Lipinski definition) is 1. The molecule has 100 valence electrons. The van der Waals surface area contributed by atoms with Gasteiger partial charge in [0.15, 0.2) is 6.39 Å². The molecule has 0 bridgehead atoms. The van der Waals surface area contributed by atoms with Gasteiger partial charge in [0.05, 0.1) is 22.5 Å². The van der Waals surface area contributed by atoms with Crippen molar-refractivity contribution in [3.8, 4) is 0 Å². The number of benzene rings is 1. The van der Waals surface area contributed by atoms with Gasteiger partial charge in [0.25, 0.3) is 5.91 Å². The molecule has 2 rings (SSSR count). The van der Waals surface area contributed by atoms with E-state index in [1.54, 1.807) is 0 Å². The lowest BCUT2D eigenvalue weighted by molar-refractivity contribution is -0.137. The Hall–Kier alpha value is -2.02. The molecule has 19 heavy (non-hydrogen) atoms. The summed E-state index contributed by atoms with van der Waals surface area (Å²) >= 11 is 5.72. The van der Waals surface area contributed by atoms with Gasteiger partial charge in [0.1, 0.15) is 0 Å². The van der Waals surface area contributed by atoms with Crippen LogP contribution in [0.15, 0.2) is 35.2 Å². The van der Waals surface area contributed by atoms with E-state index in [0.29, 0.717) is 0 Å². The van der Waals surface area contributed by atoms with Gasteiger partial charge in [-0.15, -0.1) is 0 Å². The third kappa shape index (κ3) is 3.05. The number of nitrogens with zero attached hydrogens (tertiary/aromatic N) is 1. The fraction of sp³-hybridized carbons (Fsp3) is 0.0909. The van der Waals surface area contributed by atoms with E-state index < -0.39 is 17.6 Å². The van der Waals surface area contributed by atoms with Gasteiger partial charge < -0.3 is 9.73 Å². The minimum Gasteiger partial charge on any atom is -0.438 e. The number of alkyl halides is 3. The average Bonchev–Trinajstić information content (AvgIpc) is 2.84. The lowest BCUT2D eigenvalue weighted by Crippen LogP contribution is -2.13. The van der Waals surface area contributed by atoms with Crippen LogP contribution in [0.2, 0.25) is 5.02 Å². The van der Waals surface area contributed by atoms with Gasteiger partial charge >= 0.3 is 6.18 Å². The molecule has 0 spiro atoms. The van der Waals surface area contributed by atoms with Gasteiger partial charge in [-0.3, -0.25) is 4.79 Å². The number of aromatic nitrogens is 1. The van der Waals surface area contributed by atoms with Crippen molar-refractivity contribution in [1.82, 2.24) is 4.98 Å². The Kier molecular flexibility index (Phi) is 3.48. The zero-order chi connectivity index (χ0) is 14.0. The second-order valence-corrected chi connectivity index (χ2v) is 3.92. The van der Waals surface area contributed by atoms with Crippen molar-refractivity contribution >= 4 is 23.2 Å². The summed E-state index contributed by atoms with van der Waals surface area (Å²) in [6, 6.07) is 2.63. The monoisotopic (exact) mass is 290 g/mol. The van der Waals surface area contributed by atoms with Crippen LogP contribution in [-0.4, -0.2) is 10.9 Å². The van der Waals surface area contributed by atoms with Crippen LogP contribution < -0.4 is 5.32 Å². The van der Waals surface area contributed by atoms with Crippen molar-refractivity contribution in [1.29, 1.82) is 0 Å². The van der Waals surface area contributed by atoms with E-state index in [9.17, 15) is 18.0 Å². The number of oxazole rings is 1. The number of nitrogens with one attached hydrogen (secondary N) is 1. The quantitative estimate of drug-likeness (QED) is 0.919. The van der Waals surface area contributed by atoms with E-state index in [1.807, 2.05) is 0 Å². The van der Waals surface area contributed by atoms with Crippen LogP contribution in [0.5, 0.6) is 0 Å². The summed E-state index contributed by atoms with van der Waals surface area (Å²) in [5, 5.41) is 2.21. The molecule has 1 heterocycles. The Morgan fingerprint density at radius 3 is 2.68 bits per heavy atom. The van der Waals surface area contributed by atoms with Crippen molar-refractivity contribution in [3.63, 3.8) is 0 Å². The van der Waals surface area contributed by atoms with Crippen molar-refractivity contribution in [2.75, 3.05) is 5.32 Å². The molecular formula is C11H6ClF3N2O2. The van der Waals surface area contributed by atoms with Crippen molar-refractivity contribution in [2.24, 2.45) is 0 Å². The third-order valence-corrected chi connectivity index (χ3v) is 2.53. The molecule has 2 aromatic rings. The van der Waals surface area contributed by atoms with Gasteiger partial charge in [-0.1, -0.05) is 11.6 Å². The number of hydrogen-bond acceptors (Lipinski definition) is 3. The molecule has 1 amide bonds. The maximum atomic E-state index is 12.5. The van der Waals surface area contributed by atoms with Crippen molar-refractivity contribution in [3.05, 3.63) is 47.1 Å². The zero-order valence-corrected chi connectivity index (χ0v) is 9.92. The molecular weight excluding hydrogens is 285 g/mol. The van der Waals surface area contributed by atoms with Crippen LogP contribution >= 0.6 is 11.6 Å². The fourth-order valence-electron chi connectivity index (χ4n) is 1.31. The summed E-state index contributed by atoms with van der Waals surface area (Å²) < 4.78 is 42.3. The molecule has 0 saturated carbocycles. The Bertz CT molecular complexity index is 596. The summed E-state index contributed by atoms with van der Waals surface area (Å²) in [5.41, 5.74) is -1.07. The Morgan fingerprint density at radius 1 is 1.37 bits per heavy atom. The first-order valence-electron chi connectivity index (χ1n) is 4.94. The first-order valence-corrected chi connectivity index (χ1v) is 5.32. The standard InChI is InChI=1S/C11H6ClF3N2O2/c12-7-2-1-6(11(13,14)15)3-8(7)17-10(18)9-4-16-5-19-9/h1-5H,(H,17,18). The molecule has 1 aromatic heterocycles. The van der Waals surface area contributed by atoms with Crippen molar-refractivity contribution < 1.29 is 22.4 Å². The molecule has 4 nitrogen and oxygen atoms in total. The number of carbonyl (C=O) groups excluding carboxylic acids is 1. The Balaban J connectivity index is 2.27. The largest absolute Gasteiger partial charge is 0.438 e. The van der Waals surface area contributed by atoms with E-state index in [2.05, 4.69) is 10.3 Å². The molecule has 0 aliphatic carbocycles. The van der Waals surface area contributed by atoms with Crippen LogP contribution in [-0.2, 0) is 6.18 Å². The molecule has 0 radical (unpaired) electrons. The topological polar surface area (TPSA) is 55.1 Å². The zero-order valence-electron chi connectivity index (χ0n) is 9.16. The van der Waals surface area contributed by atoms with Crippen LogP contribution in [0, 0.1) is 0 Å². The third-order valence-electron chi connectivity index (χ3n) is 2.20. The number of rotatable bonds is 2. The smallest absolute Gasteiger partial charge is 0.416 e. The van der Waals surface area contributed by atoms with E-state index in [4.69, 9.17) is 16.0 Å². The molecule has 1 N–H and O–H groups in total. The fourth-order valence-corrected chi connectivity index (χ4v) is 1.47. The lowest BCUT2D eigenvalue weighted by atomic mass is 10.2. The highest BCUT2D eigenvalue weighted by Crippen LogP contribution is 2.33. The van der Waals surface area contributed by atoms with Gasteiger partial charge in [0, 0.05) is 0 Å². The summed E-state index contributed by atoms with van der Waals surface area (Å²) in [5.74, 6) is -0.868. The average molecular weight is 291 g/mol. The molecule has 0 aliphatic rings. The van der Waals surface area contributed by atoms with Crippen molar-refractivity contribution in [2.45, 2.75) is 6.18 Å². The van der Waals surface area contributed by atoms with Gasteiger partial charge in [-0.05, 0) is 18.2 Å². The molecule has 1 aromatic carbocycles. The second-order valence-electron chi connectivity index (χ2n) is 3.51. The van der Waals surface area contributed by atoms with E-state index in [-0.39, 0.29) is 16.5 Å². The van der Waals surface area contributed by atoms with E-state index >= 15 is 0 Å². The predicted octanol–water partition coefficient (Wildman–Crippen LogP) is 3.60.